The lowest BCUT2D eigenvalue weighted by Crippen LogP contribution is -2.42. The van der Waals surface area contributed by atoms with Gasteiger partial charge in [-0.25, -0.2) is 0 Å². The molecule has 3 aromatic rings. The number of hydrogen-bond donors (Lipinski definition) is 1. The molecule has 0 unspecified atom stereocenters. The van der Waals surface area contributed by atoms with Crippen molar-refractivity contribution in [1.29, 1.82) is 0 Å². The van der Waals surface area contributed by atoms with Crippen LogP contribution in [0.2, 0.25) is 0 Å². The van der Waals surface area contributed by atoms with E-state index in [2.05, 4.69) is 9.88 Å². The van der Waals surface area contributed by atoms with Gasteiger partial charge in [-0.15, -0.1) is 0 Å². The minimum absolute atomic E-state index is 0.0398. The summed E-state index contributed by atoms with van der Waals surface area (Å²) in [5.74, 6) is 0.352. The van der Waals surface area contributed by atoms with Gasteiger partial charge in [0.25, 0.3) is 0 Å². The van der Waals surface area contributed by atoms with Crippen molar-refractivity contribution in [3.05, 3.63) is 71.4 Å². The smallest absolute Gasteiger partial charge is 0.416 e. The lowest BCUT2D eigenvalue weighted by molar-refractivity contribution is -0.139. The molecule has 1 fully saturated rings. The van der Waals surface area contributed by atoms with Crippen molar-refractivity contribution in [2.45, 2.75) is 51.1 Å². The van der Waals surface area contributed by atoms with E-state index in [0.717, 1.165) is 54.9 Å². The van der Waals surface area contributed by atoms with Crippen molar-refractivity contribution in [2.24, 2.45) is 11.8 Å². The number of carboxylic acids is 1. The summed E-state index contributed by atoms with van der Waals surface area (Å²) < 4.78 is 45.3. The molecule has 0 saturated carbocycles. The third kappa shape index (κ3) is 7.25. The number of piperidine rings is 1. The lowest BCUT2D eigenvalue weighted by Gasteiger charge is -2.38. The Kier molecular flexibility index (Phi) is 9.26. The molecule has 204 valence electrons. The van der Waals surface area contributed by atoms with Crippen molar-refractivity contribution < 1.29 is 27.8 Å². The van der Waals surface area contributed by atoms with Gasteiger partial charge in [0.2, 0.25) is 0 Å². The van der Waals surface area contributed by atoms with Gasteiger partial charge < -0.3 is 14.7 Å². The molecule has 2 atom stereocenters. The van der Waals surface area contributed by atoms with E-state index in [-0.39, 0.29) is 12.3 Å². The Bertz CT molecular complexity index is 1230. The number of aryl methyl sites for hydroxylation is 2. The predicted octanol–water partition coefficient (Wildman–Crippen LogP) is 6.63. The zero-order valence-corrected chi connectivity index (χ0v) is 21.7. The number of benzene rings is 2. The summed E-state index contributed by atoms with van der Waals surface area (Å²) >= 11 is 0. The highest BCUT2D eigenvalue weighted by atomic mass is 19.4. The first kappa shape index (κ1) is 27.9. The molecular formula is C30H35F3N2O3. The Balaban J connectivity index is 1.32. The third-order valence-corrected chi connectivity index (χ3v) is 7.72. The predicted molar refractivity (Wildman–Crippen MR) is 141 cm³/mol. The maximum absolute atomic E-state index is 13.3. The molecule has 38 heavy (non-hydrogen) atoms. The summed E-state index contributed by atoms with van der Waals surface area (Å²) in [7, 11) is 1.65. The fourth-order valence-corrected chi connectivity index (χ4v) is 5.78. The standard InChI is InChI=1S/C30H35F3N2O3/c1-38-25-11-12-28-26(19-25)22(13-15-34-28)8-4-7-21-14-17-35(20-24(21)18-29(36)37)16-5-9-23-6-2-3-10-27(23)30(31,32)33/h2-3,6,10-13,15,19,21,24H,4-5,7-9,14,16-18,20H2,1H3,(H,36,37)/t21-,24+/m1/s1. The first-order chi connectivity index (χ1) is 18.2. The number of ether oxygens (including phenoxy) is 1. The van der Waals surface area contributed by atoms with Crippen molar-refractivity contribution in [3.63, 3.8) is 0 Å². The Morgan fingerprint density at radius 1 is 1.08 bits per heavy atom. The SMILES string of the molecule is COc1ccc2nccc(CCC[C@@H]3CCN(CCCc4ccccc4C(F)(F)F)C[C@@H]3CC(=O)O)c2c1. The quantitative estimate of drug-likeness (QED) is 0.303. The molecule has 2 heterocycles. The summed E-state index contributed by atoms with van der Waals surface area (Å²) in [6.45, 7) is 2.18. The Labute approximate surface area is 221 Å². The molecule has 1 saturated heterocycles. The first-order valence-electron chi connectivity index (χ1n) is 13.3. The average Bonchev–Trinajstić information content (AvgIpc) is 2.89. The molecule has 0 radical (unpaired) electrons. The number of aliphatic carboxylic acids is 1. The monoisotopic (exact) mass is 528 g/mol. The number of likely N-dealkylation sites (tertiary alicyclic amines) is 1. The highest BCUT2D eigenvalue weighted by Gasteiger charge is 2.33. The molecule has 1 N–H and O–H groups in total. The van der Waals surface area contributed by atoms with Crippen LogP contribution in [-0.2, 0) is 23.8 Å². The number of carboxylic acid groups (broad SMARTS) is 1. The van der Waals surface area contributed by atoms with Gasteiger partial charge in [0.15, 0.2) is 0 Å². The number of carbonyl (C=O) groups is 1. The van der Waals surface area contributed by atoms with Crippen molar-refractivity contribution in [2.75, 3.05) is 26.7 Å². The van der Waals surface area contributed by atoms with Gasteiger partial charge in [-0.3, -0.25) is 9.78 Å². The summed E-state index contributed by atoms with van der Waals surface area (Å²) in [5.41, 5.74) is 1.89. The molecule has 0 amide bonds. The molecule has 1 aliphatic rings. The second-order valence-electron chi connectivity index (χ2n) is 10.2. The van der Waals surface area contributed by atoms with Gasteiger partial charge in [0.05, 0.1) is 18.2 Å². The van der Waals surface area contributed by atoms with E-state index in [1.165, 1.54) is 11.6 Å². The Morgan fingerprint density at radius 2 is 1.87 bits per heavy atom. The van der Waals surface area contributed by atoms with Crippen LogP contribution in [0.15, 0.2) is 54.7 Å². The van der Waals surface area contributed by atoms with E-state index < -0.39 is 17.7 Å². The van der Waals surface area contributed by atoms with Crippen LogP contribution in [-0.4, -0.2) is 47.7 Å². The van der Waals surface area contributed by atoms with Crippen LogP contribution in [0.1, 0.15) is 48.8 Å². The third-order valence-electron chi connectivity index (χ3n) is 7.72. The molecular weight excluding hydrogens is 493 g/mol. The highest BCUT2D eigenvalue weighted by Crippen LogP contribution is 2.34. The molecule has 1 aliphatic heterocycles. The van der Waals surface area contributed by atoms with Crippen LogP contribution in [0.5, 0.6) is 5.75 Å². The number of methoxy groups -OCH3 is 1. The van der Waals surface area contributed by atoms with Crippen LogP contribution in [0.4, 0.5) is 13.2 Å². The van der Waals surface area contributed by atoms with Gasteiger partial charge in [0, 0.05) is 24.5 Å². The number of rotatable bonds is 11. The number of aromatic nitrogens is 1. The van der Waals surface area contributed by atoms with Crippen molar-refractivity contribution >= 4 is 16.9 Å². The van der Waals surface area contributed by atoms with E-state index in [0.29, 0.717) is 37.4 Å². The van der Waals surface area contributed by atoms with Crippen molar-refractivity contribution in [3.8, 4) is 5.75 Å². The average molecular weight is 529 g/mol. The molecule has 0 aliphatic carbocycles. The van der Waals surface area contributed by atoms with Gasteiger partial charge >= 0.3 is 12.1 Å². The normalized spacial score (nSPS) is 18.5. The summed E-state index contributed by atoms with van der Waals surface area (Å²) in [4.78, 5) is 18.3. The summed E-state index contributed by atoms with van der Waals surface area (Å²) in [6.07, 6.45) is 2.23. The second kappa shape index (κ2) is 12.6. The van der Waals surface area contributed by atoms with Crippen LogP contribution in [0.25, 0.3) is 10.9 Å². The largest absolute Gasteiger partial charge is 0.497 e. The molecule has 4 rings (SSSR count). The van der Waals surface area contributed by atoms with E-state index in [9.17, 15) is 23.1 Å². The van der Waals surface area contributed by atoms with E-state index in [4.69, 9.17) is 4.74 Å². The molecule has 0 bridgehead atoms. The number of pyridine rings is 1. The maximum atomic E-state index is 13.3. The first-order valence-corrected chi connectivity index (χ1v) is 13.3. The maximum Gasteiger partial charge on any atom is 0.416 e. The van der Waals surface area contributed by atoms with Crippen molar-refractivity contribution in [1.82, 2.24) is 9.88 Å². The minimum Gasteiger partial charge on any atom is -0.497 e. The molecule has 8 heteroatoms. The van der Waals surface area contributed by atoms with Gasteiger partial charge in [0.1, 0.15) is 5.75 Å². The zero-order chi connectivity index (χ0) is 27.1. The van der Waals surface area contributed by atoms with Crippen LogP contribution in [0, 0.1) is 11.8 Å². The topological polar surface area (TPSA) is 62.7 Å². The Morgan fingerprint density at radius 3 is 2.63 bits per heavy atom. The number of fused-ring (bicyclic) bond motifs is 1. The Hall–Kier alpha value is -3.13. The number of hydrogen-bond acceptors (Lipinski definition) is 4. The fraction of sp³-hybridized carbons (Fsp3) is 0.467. The molecule has 1 aromatic heterocycles. The number of alkyl halides is 3. The van der Waals surface area contributed by atoms with Gasteiger partial charge in [-0.05, 0) is 105 Å². The summed E-state index contributed by atoms with van der Waals surface area (Å²) in [6, 6.07) is 13.6. The fourth-order valence-electron chi connectivity index (χ4n) is 5.78. The lowest BCUT2D eigenvalue weighted by atomic mass is 9.79. The van der Waals surface area contributed by atoms with Crippen LogP contribution >= 0.6 is 0 Å². The van der Waals surface area contributed by atoms with Gasteiger partial charge in [-0.1, -0.05) is 18.2 Å². The molecule has 0 spiro atoms. The van der Waals surface area contributed by atoms with Crippen LogP contribution < -0.4 is 4.74 Å². The van der Waals surface area contributed by atoms with E-state index >= 15 is 0 Å². The molecule has 5 nitrogen and oxygen atoms in total. The van der Waals surface area contributed by atoms with E-state index in [1.807, 2.05) is 30.5 Å². The number of halogens is 3. The number of nitrogens with zero attached hydrogens (tertiary/aromatic N) is 2. The molecule has 2 aromatic carbocycles. The highest BCUT2D eigenvalue weighted by molar-refractivity contribution is 5.83. The second-order valence-corrected chi connectivity index (χ2v) is 10.2. The summed E-state index contributed by atoms with van der Waals surface area (Å²) in [5, 5.41) is 10.6. The van der Waals surface area contributed by atoms with Crippen LogP contribution in [0.3, 0.4) is 0 Å². The van der Waals surface area contributed by atoms with Gasteiger partial charge in [-0.2, -0.15) is 13.2 Å². The zero-order valence-electron chi connectivity index (χ0n) is 21.7. The van der Waals surface area contributed by atoms with E-state index in [1.54, 1.807) is 19.2 Å². The minimum atomic E-state index is -4.35.